The Balaban J connectivity index is 1.42. The summed E-state index contributed by atoms with van der Waals surface area (Å²) in [5, 5.41) is 11.1. The lowest BCUT2D eigenvalue weighted by atomic mass is 10.2. The van der Waals surface area contributed by atoms with Crippen LogP contribution in [-0.2, 0) is 20.0 Å². The number of nitrogens with one attached hydrogen (secondary N) is 2. The Morgan fingerprint density at radius 1 is 1.23 bits per heavy atom. The Hall–Kier alpha value is -2.34. The molecule has 1 aromatic heterocycles. The van der Waals surface area contributed by atoms with Crippen molar-refractivity contribution in [3.8, 4) is 0 Å². The molecule has 1 atom stereocenters. The summed E-state index contributed by atoms with van der Waals surface area (Å²) in [5.74, 6) is 0.875. The fourth-order valence-electron chi connectivity index (χ4n) is 3.51. The van der Waals surface area contributed by atoms with E-state index in [0.29, 0.717) is 6.04 Å². The lowest BCUT2D eigenvalue weighted by Crippen LogP contribution is -2.45. The Morgan fingerprint density at radius 2 is 2.08 bits per heavy atom. The Morgan fingerprint density at radius 3 is 2.81 bits per heavy atom. The van der Waals surface area contributed by atoms with Crippen molar-refractivity contribution in [2.75, 3.05) is 26.7 Å². The predicted molar refractivity (Wildman–Crippen MR) is 106 cm³/mol. The van der Waals surface area contributed by atoms with E-state index in [4.69, 9.17) is 0 Å². The molecule has 1 saturated heterocycles. The molecule has 2 N–H and O–H groups in total. The van der Waals surface area contributed by atoms with Gasteiger partial charge in [0.25, 0.3) is 0 Å². The maximum absolute atomic E-state index is 4.35. The van der Waals surface area contributed by atoms with E-state index in [-0.39, 0.29) is 0 Å². The van der Waals surface area contributed by atoms with Gasteiger partial charge in [0.15, 0.2) is 5.96 Å². The highest BCUT2D eigenvalue weighted by atomic mass is 15.2. The number of hydrogen-bond acceptors (Lipinski definition) is 3. The van der Waals surface area contributed by atoms with Gasteiger partial charge in [0.1, 0.15) is 0 Å². The van der Waals surface area contributed by atoms with Gasteiger partial charge in [0.05, 0.1) is 6.20 Å². The van der Waals surface area contributed by atoms with Crippen molar-refractivity contribution < 1.29 is 0 Å². The van der Waals surface area contributed by atoms with E-state index >= 15 is 0 Å². The standard InChI is InChI=1S/C20H30N6/c1-21-20(22-11-10-18-13-24-25(2)15-18)23-14-19-9-6-12-26(19)16-17-7-4-3-5-8-17/h3-5,7-8,13,15,19H,6,9-12,14,16H2,1-2H3,(H2,21,22,23). The normalized spacial score (nSPS) is 18.2. The highest BCUT2D eigenvalue weighted by molar-refractivity contribution is 5.79. The lowest BCUT2D eigenvalue weighted by Gasteiger charge is -2.25. The summed E-state index contributed by atoms with van der Waals surface area (Å²) in [7, 11) is 3.77. The zero-order chi connectivity index (χ0) is 18.2. The second kappa shape index (κ2) is 9.38. The highest BCUT2D eigenvalue weighted by Crippen LogP contribution is 2.19. The molecule has 0 bridgehead atoms. The molecule has 26 heavy (non-hydrogen) atoms. The Labute approximate surface area is 156 Å². The van der Waals surface area contributed by atoms with E-state index in [1.54, 1.807) is 0 Å². The second-order valence-corrected chi connectivity index (χ2v) is 6.90. The first-order chi connectivity index (χ1) is 12.7. The molecule has 1 unspecified atom stereocenters. The first kappa shape index (κ1) is 18.5. The molecule has 6 heteroatoms. The molecule has 1 aliphatic heterocycles. The average Bonchev–Trinajstić information content (AvgIpc) is 3.27. The highest BCUT2D eigenvalue weighted by Gasteiger charge is 2.24. The zero-order valence-electron chi connectivity index (χ0n) is 15.9. The number of nitrogens with zero attached hydrogens (tertiary/aromatic N) is 4. The molecular formula is C20H30N6. The number of aryl methyl sites for hydroxylation is 1. The molecule has 2 aromatic rings. The fraction of sp³-hybridized carbons (Fsp3) is 0.500. The van der Waals surface area contributed by atoms with Crippen molar-refractivity contribution in [1.29, 1.82) is 0 Å². The van der Waals surface area contributed by atoms with Crippen LogP contribution in [0.4, 0.5) is 0 Å². The molecule has 6 nitrogen and oxygen atoms in total. The number of guanidine groups is 1. The van der Waals surface area contributed by atoms with E-state index in [0.717, 1.165) is 32.0 Å². The van der Waals surface area contributed by atoms with Crippen LogP contribution in [0.1, 0.15) is 24.0 Å². The summed E-state index contributed by atoms with van der Waals surface area (Å²) < 4.78 is 1.84. The van der Waals surface area contributed by atoms with Gasteiger partial charge in [0, 0.05) is 46.0 Å². The molecule has 1 aromatic carbocycles. The van der Waals surface area contributed by atoms with Gasteiger partial charge >= 0.3 is 0 Å². The van der Waals surface area contributed by atoms with E-state index < -0.39 is 0 Å². The van der Waals surface area contributed by atoms with E-state index in [1.807, 2.05) is 25.0 Å². The minimum atomic E-state index is 0.562. The van der Waals surface area contributed by atoms with Crippen molar-refractivity contribution in [1.82, 2.24) is 25.3 Å². The van der Waals surface area contributed by atoms with Crippen molar-refractivity contribution in [2.24, 2.45) is 12.0 Å². The Kier molecular flexibility index (Phi) is 6.66. The molecule has 1 fully saturated rings. The maximum Gasteiger partial charge on any atom is 0.191 e. The van der Waals surface area contributed by atoms with Crippen LogP contribution in [-0.4, -0.2) is 53.4 Å². The predicted octanol–water partition coefficient (Wildman–Crippen LogP) is 1.79. The van der Waals surface area contributed by atoms with Crippen LogP contribution in [0, 0.1) is 0 Å². The van der Waals surface area contributed by atoms with E-state index in [9.17, 15) is 0 Å². The molecule has 1 aliphatic rings. The number of likely N-dealkylation sites (tertiary alicyclic amines) is 1. The van der Waals surface area contributed by atoms with E-state index in [1.165, 1.54) is 30.5 Å². The summed E-state index contributed by atoms with van der Waals surface area (Å²) in [6, 6.07) is 11.3. The van der Waals surface area contributed by atoms with Crippen LogP contribution in [0.3, 0.4) is 0 Å². The number of aromatic nitrogens is 2. The summed E-state index contributed by atoms with van der Waals surface area (Å²) in [4.78, 5) is 6.92. The third kappa shape index (κ3) is 5.33. The molecule has 0 spiro atoms. The number of hydrogen-bond donors (Lipinski definition) is 2. The van der Waals surface area contributed by atoms with Gasteiger partial charge in [0.2, 0.25) is 0 Å². The largest absolute Gasteiger partial charge is 0.356 e. The third-order valence-corrected chi connectivity index (χ3v) is 4.92. The van der Waals surface area contributed by atoms with Gasteiger partial charge in [-0.3, -0.25) is 14.6 Å². The molecule has 140 valence electrons. The van der Waals surface area contributed by atoms with E-state index in [2.05, 4.69) is 62.2 Å². The lowest BCUT2D eigenvalue weighted by molar-refractivity contribution is 0.245. The van der Waals surface area contributed by atoms with Crippen molar-refractivity contribution in [3.63, 3.8) is 0 Å². The molecule has 0 aliphatic carbocycles. The first-order valence-corrected chi connectivity index (χ1v) is 9.44. The Bertz CT molecular complexity index is 693. The van der Waals surface area contributed by atoms with Gasteiger partial charge in [-0.25, -0.2) is 0 Å². The van der Waals surface area contributed by atoms with Crippen LogP contribution in [0.5, 0.6) is 0 Å². The van der Waals surface area contributed by atoms with Crippen LogP contribution in [0.2, 0.25) is 0 Å². The maximum atomic E-state index is 4.35. The average molecular weight is 355 g/mol. The van der Waals surface area contributed by atoms with Crippen LogP contribution >= 0.6 is 0 Å². The first-order valence-electron chi connectivity index (χ1n) is 9.44. The topological polar surface area (TPSA) is 57.5 Å². The van der Waals surface area contributed by atoms with Crippen molar-refractivity contribution in [3.05, 3.63) is 53.9 Å². The van der Waals surface area contributed by atoms with Gasteiger partial charge in [-0.15, -0.1) is 0 Å². The van der Waals surface area contributed by atoms with Crippen LogP contribution in [0.15, 0.2) is 47.7 Å². The van der Waals surface area contributed by atoms with Crippen LogP contribution < -0.4 is 10.6 Å². The zero-order valence-corrected chi connectivity index (χ0v) is 15.9. The smallest absolute Gasteiger partial charge is 0.191 e. The van der Waals surface area contributed by atoms with Crippen molar-refractivity contribution >= 4 is 5.96 Å². The fourth-order valence-corrected chi connectivity index (χ4v) is 3.51. The molecule has 3 rings (SSSR count). The van der Waals surface area contributed by atoms with Crippen molar-refractivity contribution in [2.45, 2.75) is 31.8 Å². The molecule has 0 radical (unpaired) electrons. The van der Waals surface area contributed by atoms with Gasteiger partial charge in [-0.1, -0.05) is 30.3 Å². The minimum absolute atomic E-state index is 0.562. The molecule has 2 heterocycles. The SMILES string of the molecule is CN=C(NCCc1cnn(C)c1)NCC1CCCN1Cc1ccccc1. The van der Waals surface area contributed by atoms with Gasteiger partial charge in [-0.05, 0) is 36.9 Å². The summed E-state index contributed by atoms with van der Waals surface area (Å²) >= 11 is 0. The van der Waals surface area contributed by atoms with Gasteiger partial charge in [-0.2, -0.15) is 5.10 Å². The summed E-state index contributed by atoms with van der Waals surface area (Å²) in [6.07, 6.45) is 7.42. The van der Waals surface area contributed by atoms with Crippen LogP contribution in [0.25, 0.3) is 0 Å². The second-order valence-electron chi connectivity index (χ2n) is 6.90. The summed E-state index contributed by atoms with van der Waals surface area (Å²) in [6.45, 7) is 3.98. The number of aliphatic imine (C=N–C) groups is 1. The monoisotopic (exact) mass is 354 g/mol. The number of benzene rings is 1. The molecular weight excluding hydrogens is 324 g/mol. The third-order valence-electron chi connectivity index (χ3n) is 4.92. The van der Waals surface area contributed by atoms with Gasteiger partial charge < -0.3 is 10.6 Å². The number of rotatable bonds is 7. The molecule has 0 amide bonds. The quantitative estimate of drug-likeness (QED) is 0.588. The minimum Gasteiger partial charge on any atom is -0.356 e. The molecule has 0 saturated carbocycles. The summed E-state index contributed by atoms with van der Waals surface area (Å²) in [5.41, 5.74) is 2.62.